The predicted octanol–water partition coefficient (Wildman–Crippen LogP) is 2.24. The van der Waals surface area contributed by atoms with Crippen LogP contribution >= 0.6 is 0 Å². The monoisotopic (exact) mass is 321 g/mol. The summed E-state index contributed by atoms with van der Waals surface area (Å²) in [5.41, 5.74) is 0.608. The molecule has 1 aliphatic carbocycles. The summed E-state index contributed by atoms with van der Waals surface area (Å²) >= 11 is 0. The molecule has 0 radical (unpaired) electrons. The normalized spacial score (nSPS) is 23.9. The Morgan fingerprint density at radius 2 is 2.22 bits per heavy atom. The molecule has 2 N–H and O–H groups in total. The number of carbonyl (C=O) groups is 1. The van der Waals surface area contributed by atoms with E-state index in [0.717, 1.165) is 12.0 Å². The second-order valence-electron chi connectivity index (χ2n) is 6.75. The highest BCUT2D eigenvalue weighted by Gasteiger charge is 2.42. The van der Waals surface area contributed by atoms with Crippen LogP contribution < -0.4 is 10.6 Å². The lowest BCUT2D eigenvalue weighted by Crippen LogP contribution is -2.66. The van der Waals surface area contributed by atoms with Gasteiger partial charge in [-0.2, -0.15) is 0 Å². The van der Waals surface area contributed by atoms with Crippen molar-refractivity contribution >= 4 is 6.09 Å². The van der Waals surface area contributed by atoms with E-state index in [0.29, 0.717) is 13.2 Å². The molecule has 2 rings (SSSR count). The summed E-state index contributed by atoms with van der Waals surface area (Å²) in [7, 11) is 0. The van der Waals surface area contributed by atoms with E-state index in [-0.39, 0.29) is 24.3 Å². The van der Waals surface area contributed by atoms with Gasteiger partial charge >= 0.3 is 6.09 Å². The molecule has 128 valence electrons. The van der Waals surface area contributed by atoms with Gasteiger partial charge in [-0.1, -0.05) is 6.07 Å². The van der Waals surface area contributed by atoms with E-state index >= 15 is 0 Å². The zero-order chi connectivity index (χ0) is 16.9. The first-order valence-electron chi connectivity index (χ1n) is 8.12. The number of ether oxygens (including phenoxy) is 2. The zero-order valence-electron chi connectivity index (χ0n) is 14.3. The van der Waals surface area contributed by atoms with Crippen molar-refractivity contribution in [2.75, 3.05) is 6.61 Å². The molecule has 6 heteroatoms. The molecule has 1 fully saturated rings. The molecule has 3 atom stereocenters. The minimum atomic E-state index is -0.494. The largest absolute Gasteiger partial charge is 0.444 e. The van der Waals surface area contributed by atoms with Crippen LogP contribution in [0.2, 0.25) is 0 Å². The average Bonchev–Trinajstić information content (AvgIpc) is 2.45. The first-order chi connectivity index (χ1) is 10.9. The maximum absolute atomic E-state index is 11.9. The molecule has 1 aromatic heterocycles. The number of amides is 1. The van der Waals surface area contributed by atoms with Gasteiger partial charge in [0.25, 0.3) is 0 Å². The minimum absolute atomic E-state index is 0.0121. The molecule has 0 spiro atoms. The second-order valence-corrected chi connectivity index (χ2v) is 6.75. The zero-order valence-corrected chi connectivity index (χ0v) is 14.3. The summed E-state index contributed by atoms with van der Waals surface area (Å²) in [5, 5.41) is 6.38. The Labute approximate surface area is 138 Å². The van der Waals surface area contributed by atoms with Gasteiger partial charge in [0.05, 0.1) is 18.2 Å². The fraction of sp³-hybridized carbons (Fsp3) is 0.647. The van der Waals surface area contributed by atoms with Gasteiger partial charge in [0.2, 0.25) is 0 Å². The number of nitrogens with zero attached hydrogens (tertiary/aromatic N) is 1. The number of nitrogens with one attached hydrogen (secondary N) is 2. The van der Waals surface area contributed by atoms with Crippen molar-refractivity contribution in [2.24, 2.45) is 0 Å². The van der Waals surface area contributed by atoms with E-state index in [4.69, 9.17) is 9.47 Å². The van der Waals surface area contributed by atoms with Crippen LogP contribution in [0.1, 0.15) is 39.7 Å². The van der Waals surface area contributed by atoms with E-state index in [1.165, 1.54) is 0 Å². The maximum Gasteiger partial charge on any atom is 0.407 e. The smallest absolute Gasteiger partial charge is 0.407 e. The Bertz CT molecular complexity index is 502. The highest BCUT2D eigenvalue weighted by molar-refractivity contribution is 5.68. The molecular formula is C17H27N3O3. The van der Waals surface area contributed by atoms with Crippen LogP contribution in [0, 0.1) is 0 Å². The van der Waals surface area contributed by atoms with E-state index in [9.17, 15) is 4.79 Å². The molecule has 1 amide bonds. The summed E-state index contributed by atoms with van der Waals surface area (Å²) in [6, 6.07) is 4.01. The molecule has 0 bridgehead atoms. The molecule has 0 aliphatic heterocycles. The number of pyridine rings is 1. The Morgan fingerprint density at radius 3 is 2.83 bits per heavy atom. The highest BCUT2D eigenvalue weighted by atomic mass is 16.6. The molecule has 1 aliphatic rings. The third-order valence-corrected chi connectivity index (χ3v) is 3.67. The summed E-state index contributed by atoms with van der Waals surface area (Å²) in [5.74, 6) is 0. The van der Waals surface area contributed by atoms with Crippen molar-refractivity contribution in [3.05, 3.63) is 30.1 Å². The van der Waals surface area contributed by atoms with Gasteiger partial charge in [0, 0.05) is 25.5 Å². The van der Waals surface area contributed by atoms with Gasteiger partial charge in [0.1, 0.15) is 5.60 Å². The molecule has 1 heterocycles. The quantitative estimate of drug-likeness (QED) is 0.841. The summed E-state index contributed by atoms with van der Waals surface area (Å²) in [4.78, 5) is 16.0. The van der Waals surface area contributed by atoms with Crippen LogP contribution in [0.15, 0.2) is 24.5 Å². The molecule has 0 saturated heterocycles. The summed E-state index contributed by atoms with van der Waals surface area (Å²) in [6.45, 7) is 8.90. The van der Waals surface area contributed by atoms with Crippen LogP contribution in [-0.2, 0) is 16.0 Å². The number of hydrogen-bond donors (Lipinski definition) is 2. The van der Waals surface area contributed by atoms with Crippen LogP contribution in [0.4, 0.5) is 4.79 Å². The molecule has 1 saturated carbocycles. The minimum Gasteiger partial charge on any atom is -0.444 e. The van der Waals surface area contributed by atoms with Gasteiger partial charge < -0.3 is 20.1 Å². The molecular weight excluding hydrogens is 294 g/mol. The number of aromatic nitrogens is 1. The van der Waals surface area contributed by atoms with E-state index in [1.54, 1.807) is 6.20 Å². The van der Waals surface area contributed by atoms with Gasteiger partial charge in [-0.25, -0.2) is 4.79 Å². The Balaban J connectivity index is 1.87. The van der Waals surface area contributed by atoms with Gasteiger partial charge in [-0.15, -0.1) is 0 Å². The number of hydrogen-bond acceptors (Lipinski definition) is 5. The number of alkyl carbamates (subject to hydrolysis) is 1. The summed E-state index contributed by atoms with van der Waals surface area (Å²) < 4.78 is 11.0. The van der Waals surface area contributed by atoms with Crippen LogP contribution in [0.5, 0.6) is 0 Å². The van der Waals surface area contributed by atoms with Crippen molar-refractivity contribution in [3.8, 4) is 0 Å². The standard InChI is InChI=1S/C17H27N3O3/c1-5-22-14-9-13(20-16(21)23-17(2,3)4)15(14)19-11-12-7-6-8-18-10-12/h6-8,10,13-15,19H,5,9,11H2,1-4H3,(H,20,21). The van der Waals surface area contributed by atoms with Crippen molar-refractivity contribution in [1.29, 1.82) is 0 Å². The van der Waals surface area contributed by atoms with Crippen molar-refractivity contribution in [2.45, 2.75) is 64.4 Å². The topological polar surface area (TPSA) is 72.5 Å². The van der Waals surface area contributed by atoms with Gasteiger partial charge in [-0.3, -0.25) is 4.98 Å². The third kappa shape index (κ3) is 5.48. The molecule has 1 aromatic rings. The lowest BCUT2D eigenvalue weighted by Gasteiger charge is -2.45. The van der Waals surface area contributed by atoms with Crippen molar-refractivity contribution < 1.29 is 14.3 Å². The molecule has 0 aromatic carbocycles. The maximum atomic E-state index is 11.9. The Kier molecular flexibility index (Phi) is 5.96. The Hall–Kier alpha value is -1.66. The first kappa shape index (κ1) is 17.7. The Morgan fingerprint density at radius 1 is 1.43 bits per heavy atom. The van der Waals surface area contributed by atoms with Crippen LogP contribution in [0.25, 0.3) is 0 Å². The number of rotatable bonds is 6. The average molecular weight is 321 g/mol. The van der Waals surface area contributed by atoms with Gasteiger partial charge in [-0.05, 0) is 45.7 Å². The lowest BCUT2D eigenvalue weighted by atomic mass is 9.82. The van der Waals surface area contributed by atoms with E-state index < -0.39 is 5.60 Å². The molecule has 3 unspecified atom stereocenters. The fourth-order valence-electron chi connectivity index (χ4n) is 2.61. The SMILES string of the molecule is CCOC1CC(NC(=O)OC(C)(C)C)C1NCc1cccnc1. The van der Waals surface area contributed by atoms with E-state index in [2.05, 4.69) is 15.6 Å². The van der Waals surface area contributed by atoms with Gasteiger partial charge in [0.15, 0.2) is 0 Å². The fourth-order valence-corrected chi connectivity index (χ4v) is 2.61. The number of carbonyl (C=O) groups excluding carboxylic acids is 1. The first-order valence-corrected chi connectivity index (χ1v) is 8.12. The highest BCUT2D eigenvalue weighted by Crippen LogP contribution is 2.25. The third-order valence-electron chi connectivity index (χ3n) is 3.67. The van der Waals surface area contributed by atoms with E-state index in [1.807, 2.05) is 46.0 Å². The van der Waals surface area contributed by atoms with Crippen molar-refractivity contribution in [3.63, 3.8) is 0 Å². The van der Waals surface area contributed by atoms with Crippen LogP contribution in [0.3, 0.4) is 0 Å². The predicted molar refractivity (Wildman–Crippen MR) is 88.1 cm³/mol. The lowest BCUT2D eigenvalue weighted by molar-refractivity contribution is -0.0438. The van der Waals surface area contributed by atoms with Crippen LogP contribution in [-0.4, -0.2) is 41.5 Å². The van der Waals surface area contributed by atoms with Crippen molar-refractivity contribution in [1.82, 2.24) is 15.6 Å². The second kappa shape index (κ2) is 7.75. The summed E-state index contributed by atoms with van der Waals surface area (Å²) in [6.07, 6.45) is 4.10. The molecule has 6 nitrogen and oxygen atoms in total. The molecule has 23 heavy (non-hydrogen) atoms.